The van der Waals surface area contributed by atoms with Crippen molar-refractivity contribution >= 4 is 17.2 Å². The van der Waals surface area contributed by atoms with E-state index in [-0.39, 0.29) is 11.9 Å². The number of carbonyl (C=O) groups is 1. The summed E-state index contributed by atoms with van der Waals surface area (Å²) in [4.78, 5) is 17.5. The quantitative estimate of drug-likeness (QED) is 0.913. The molecule has 1 amide bonds. The number of amides is 1. The molecule has 1 unspecified atom stereocenters. The van der Waals surface area contributed by atoms with Crippen molar-refractivity contribution in [3.8, 4) is 10.7 Å². The van der Waals surface area contributed by atoms with Gasteiger partial charge in [0.2, 0.25) is 5.91 Å². The molecular weight excluding hydrogens is 258 g/mol. The lowest BCUT2D eigenvalue weighted by atomic mass is 10.2. The normalized spacial score (nSPS) is 12.6. The standard InChI is InChI=1S/C14H19N3OS/c1-10(2)9-16-14(18)11(3)17-7-6-15-13(17)12-5-4-8-19-12/h4-8,10-11H,9H2,1-3H3,(H,16,18). The number of thiophene rings is 1. The molecule has 0 aliphatic carbocycles. The van der Waals surface area contributed by atoms with Crippen LogP contribution in [0.3, 0.4) is 0 Å². The van der Waals surface area contributed by atoms with Crippen LogP contribution < -0.4 is 5.32 Å². The highest BCUT2D eigenvalue weighted by Gasteiger charge is 2.18. The molecular formula is C14H19N3OS. The third-order valence-corrected chi connectivity index (χ3v) is 3.76. The predicted octanol–water partition coefficient (Wildman–Crippen LogP) is 2.94. The van der Waals surface area contributed by atoms with Gasteiger partial charge in [0.1, 0.15) is 6.04 Å². The lowest BCUT2D eigenvalue weighted by Crippen LogP contribution is -2.33. The van der Waals surface area contributed by atoms with Crippen molar-refractivity contribution in [3.63, 3.8) is 0 Å². The van der Waals surface area contributed by atoms with E-state index in [0.29, 0.717) is 12.5 Å². The van der Waals surface area contributed by atoms with Crippen molar-refractivity contribution < 1.29 is 4.79 Å². The fraction of sp³-hybridized carbons (Fsp3) is 0.429. The van der Waals surface area contributed by atoms with Crippen molar-refractivity contribution in [1.29, 1.82) is 0 Å². The number of aromatic nitrogens is 2. The van der Waals surface area contributed by atoms with Crippen LogP contribution in [-0.4, -0.2) is 22.0 Å². The molecule has 4 nitrogen and oxygen atoms in total. The van der Waals surface area contributed by atoms with E-state index in [9.17, 15) is 4.79 Å². The number of hydrogen-bond acceptors (Lipinski definition) is 3. The van der Waals surface area contributed by atoms with Crippen LogP contribution in [-0.2, 0) is 4.79 Å². The van der Waals surface area contributed by atoms with Crippen LogP contribution in [0.15, 0.2) is 29.9 Å². The second kappa shape index (κ2) is 6.02. The highest BCUT2D eigenvalue weighted by molar-refractivity contribution is 7.13. The summed E-state index contributed by atoms with van der Waals surface area (Å²) in [5, 5.41) is 4.97. The Morgan fingerprint density at radius 1 is 1.47 bits per heavy atom. The van der Waals surface area contributed by atoms with E-state index >= 15 is 0 Å². The zero-order valence-corrected chi connectivity index (χ0v) is 12.3. The molecule has 0 spiro atoms. The molecule has 1 atom stereocenters. The summed E-state index contributed by atoms with van der Waals surface area (Å²) >= 11 is 1.63. The van der Waals surface area contributed by atoms with Crippen LogP contribution in [0.4, 0.5) is 0 Å². The zero-order chi connectivity index (χ0) is 13.8. The number of nitrogens with zero attached hydrogens (tertiary/aromatic N) is 2. The Morgan fingerprint density at radius 3 is 2.89 bits per heavy atom. The Labute approximate surface area is 117 Å². The van der Waals surface area contributed by atoms with E-state index < -0.39 is 0 Å². The lowest BCUT2D eigenvalue weighted by molar-refractivity contribution is -0.124. The Hall–Kier alpha value is -1.62. The summed E-state index contributed by atoms with van der Waals surface area (Å²) in [7, 11) is 0. The third kappa shape index (κ3) is 3.23. The highest BCUT2D eigenvalue weighted by Crippen LogP contribution is 2.25. The molecule has 5 heteroatoms. The van der Waals surface area contributed by atoms with Crippen molar-refractivity contribution in [1.82, 2.24) is 14.9 Å². The van der Waals surface area contributed by atoms with Gasteiger partial charge in [-0.05, 0) is 24.3 Å². The first kappa shape index (κ1) is 13.8. The van der Waals surface area contributed by atoms with Crippen molar-refractivity contribution in [2.75, 3.05) is 6.54 Å². The molecule has 2 aromatic rings. The van der Waals surface area contributed by atoms with Gasteiger partial charge >= 0.3 is 0 Å². The smallest absolute Gasteiger partial charge is 0.242 e. The first-order valence-electron chi connectivity index (χ1n) is 6.44. The van der Waals surface area contributed by atoms with E-state index in [4.69, 9.17) is 0 Å². The van der Waals surface area contributed by atoms with Gasteiger partial charge in [0.05, 0.1) is 4.88 Å². The van der Waals surface area contributed by atoms with Gasteiger partial charge in [-0.25, -0.2) is 4.98 Å². The Kier molecular flexibility index (Phi) is 4.37. The average Bonchev–Trinajstić information content (AvgIpc) is 3.03. The van der Waals surface area contributed by atoms with Crippen LogP contribution in [0.25, 0.3) is 10.7 Å². The van der Waals surface area contributed by atoms with Crippen LogP contribution in [0.5, 0.6) is 0 Å². The minimum atomic E-state index is -0.252. The van der Waals surface area contributed by atoms with Gasteiger partial charge in [-0.1, -0.05) is 19.9 Å². The van der Waals surface area contributed by atoms with E-state index in [1.807, 2.05) is 35.2 Å². The first-order valence-corrected chi connectivity index (χ1v) is 7.32. The fourth-order valence-electron chi connectivity index (χ4n) is 1.80. The lowest BCUT2D eigenvalue weighted by Gasteiger charge is -2.16. The van der Waals surface area contributed by atoms with Gasteiger partial charge in [0.15, 0.2) is 5.82 Å². The van der Waals surface area contributed by atoms with E-state index in [1.54, 1.807) is 17.5 Å². The molecule has 2 aromatic heterocycles. The molecule has 0 radical (unpaired) electrons. The van der Waals surface area contributed by atoms with E-state index in [1.165, 1.54) is 0 Å². The minimum absolute atomic E-state index is 0.0320. The molecule has 2 heterocycles. The Balaban J connectivity index is 2.14. The SMILES string of the molecule is CC(C)CNC(=O)C(C)n1ccnc1-c1cccs1. The molecule has 0 saturated carbocycles. The number of rotatable bonds is 5. The van der Waals surface area contributed by atoms with Crippen LogP contribution in [0.1, 0.15) is 26.8 Å². The molecule has 19 heavy (non-hydrogen) atoms. The molecule has 0 bridgehead atoms. The largest absolute Gasteiger partial charge is 0.354 e. The summed E-state index contributed by atoms with van der Waals surface area (Å²) in [6.45, 7) is 6.76. The number of hydrogen-bond donors (Lipinski definition) is 1. The van der Waals surface area contributed by atoms with E-state index in [2.05, 4.69) is 24.1 Å². The van der Waals surface area contributed by atoms with Crippen LogP contribution in [0.2, 0.25) is 0 Å². The first-order chi connectivity index (χ1) is 9.09. The van der Waals surface area contributed by atoms with Crippen molar-refractivity contribution in [2.45, 2.75) is 26.8 Å². The zero-order valence-electron chi connectivity index (χ0n) is 11.5. The van der Waals surface area contributed by atoms with Crippen LogP contribution >= 0.6 is 11.3 Å². The summed E-state index contributed by atoms with van der Waals surface area (Å²) in [6.07, 6.45) is 3.59. The maximum Gasteiger partial charge on any atom is 0.242 e. The van der Waals surface area contributed by atoms with Gasteiger partial charge < -0.3 is 9.88 Å². The maximum atomic E-state index is 12.1. The molecule has 102 valence electrons. The van der Waals surface area contributed by atoms with Crippen LogP contribution in [0, 0.1) is 5.92 Å². The summed E-state index contributed by atoms with van der Waals surface area (Å²) in [6, 6.07) is 3.75. The monoisotopic (exact) mass is 277 g/mol. The topological polar surface area (TPSA) is 46.9 Å². The van der Waals surface area contributed by atoms with Gasteiger partial charge in [-0.3, -0.25) is 4.79 Å². The molecule has 0 aromatic carbocycles. The minimum Gasteiger partial charge on any atom is -0.354 e. The third-order valence-electron chi connectivity index (χ3n) is 2.89. The second-order valence-corrected chi connectivity index (χ2v) is 5.90. The van der Waals surface area contributed by atoms with Gasteiger partial charge in [-0.2, -0.15) is 0 Å². The van der Waals surface area contributed by atoms with Crippen molar-refractivity contribution in [2.24, 2.45) is 5.92 Å². The molecule has 2 rings (SSSR count). The van der Waals surface area contributed by atoms with Crippen molar-refractivity contribution in [3.05, 3.63) is 29.9 Å². The molecule has 0 fully saturated rings. The fourth-order valence-corrected chi connectivity index (χ4v) is 2.53. The second-order valence-electron chi connectivity index (χ2n) is 4.95. The summed E-state index contributed by atoms with van der Waals surface area (Å²) in [5.74, 6) is 1.34. The summed E-state index contributed by atoms with van der Waals surface area (Å²) < 4.78 is 1.92. The van der Waals surface area contributed by atoms with E-state index in [0.717, 1.165) is 10.7 Å². The number of imidazole rings is 1. The summed E-state index contributed by atoms with van der Waals surface area (Å²) in [5.41, 5.74) is 0. The molecule has 0 aliphatic heterocycles. The molecule has 0 saturated heterocycles. The van der Waals surface area contributed by atoms with Gasteiger partial charge in [0, 0.05) is 18.9 Å². The molecule has 0 aliphatic rings. The Bertz CT molecular complexity index is 531. The number of nitrogens with one attached hydrogen (secondary N) is 1. The maximum absolute atomic E-state index is 12.1. The molecule has 1 N–H and O–H groups in total. The predicted molar refractivity (Wildman–Crippen MR) is 78.1 cm³/mol. The van der Waals surface area contributed by atoms with Gasteiger partial charge in [-0.15, -0.1) is 11.3 Å². The van der Waals surface area contributed by atoms with Gasteiger partial charge in [0.25, 0.3) is 0 Å². The Morgan fingerprint density at radius 2 is 2.26 bits per heavy atom. The average molecular weight is 277 g/mol. The number of carbonyl (C=O) groups excluding carboxylic acids is 1. The highest BCUT2D eigenvalue weighted by atomic mass is 32.1.